The van der Waals surface area contributed by atoms with Crippen LogP contribution in [0.5, 0.6) is 0 Å². The molecular weight excluding hydrogens is 222 g/mol. The zero-order valence-corrected chi connectivity index (χ0v) is 11.8. The van der Waals surface area contributed by atoms with E-state index in [1.807, 2.05) is 0 Å². The van der Waals surface area contributed by atoms with E-state index in [2.05, 4.69) is 43.4 Å². The summed E-state index contributed by atoms with van der Waals surface area (Å²) >= 11 is 0. The van der Waals surface area contributed by atoms with E-state index in [0.29, 0.717) is 12.6 Å². The van der Waals surface area contributed by atoms with Crippen LogP contribution in [0.15, 0.2) is 24.3 Å². The molecule has 0 aromatic heterocycles. The van der Waals surface area contributed by atoms with E-state index in [1.165, 1.54) is 24.0 Å². The topological polar surface area (TPSA) is 21.3 Å². The first-order chi connectivity index (χ1) is 8.70. The minimum absolute atomic E-state index is 0.686. The lowest BCUT2D eigenvalue weighted by molar-refractivity contribution is 0.185. The van der Waals surface area contributed by atoms with Gasteiger partial charge in [-0.15, -0.1) is 0 Å². The summed E-state index contributed by atoms with van der Waals surface area (Å²) in [5.74, 6) is 1.66. The number of benzene rings is 1. The fraction of sp³-hybridized carbons (Fsp3) is 0.625. The average molecular weight is 247 g/mol. The SMILES string of the molecule is COCc1cccc(CNC2CCC(C)C2C)c1. The molecule has 0 spiro atoms. The maximum absolute atomic E-state index is 5.17. The minimum atomic E-state index is 0.686. The Kier molecular flexibility index (Phi) is 4.79. The molecule has 0 heterocycles. The number of nitrogens with one attached hydrogen (secondary N) is 1. The molecule has 1 fully saturated rings. The molecule has 1 aliphatic carbocycles. The van der Waals surface area contributed by atoms with E-state index in [1.54, 1.807) is 7.11 Å². The van der Waals surface area contributed by atoms with Crippen molar-refractivity contribution in [3.63, 3.8) is 0 Å². The first-order valence-electron chi connectivity index (χ1n) is 7.01. The Morgan fingerprint density at radius 2 is 2.00 bits per heavy atom. The minimum Gasteiger partial charge on any atom is -0.380 e. The molecule has 0 aliphatic heterocycles. The van der Waals surface area contributed by atoms with Gasteiger partial charge >= 0.3 is 0 Å². The highest BCUT2D eigenvalue weighted by molar-refractivity contribution is 5.23. The zero-order chi connectivity index (χ0) is 13.0. The van der Waals surface area contributed by atoms with Crippen LogP contribution in [0.25, 0.3) is 0 Å². The van der Waals surface area contributed by atoms with Gasteiger partial charge in [0, 0.05) is 19.7 Å². The third-order valence-corrected chi connectivity index (χ3v) is 4.34. The summed E-state index contributed by atoms with van der Waals surface area (Å²) in [6.07, 6.45) is 2.68. The number of hydrogen-bond acceptors (Lipinski definition) is 2. The van der Waals surface area contributed by atoms with Crippen LogP contribution in [-0.4, -0.2) is 13.2 Å². The van der Waals surface area contributed by atoms with Crippen LogP contribution < -0.4 is 5.32 Å². The Morgan fingerprint density at radius 1 is 1.22 bits per heavy atom. The number of hydrogen-bond donors (Lipinski definition) is 1. The second-order valence-corrected chi connectivity index (χ2v) is 5.65. The third kappa shape index (κ3) is 3.33. The van der Waals surface area contributed by atoms with Gasteiger partial charge in [-0.3, -0.25) is 0 Å². The van der Waals surface area contributed by atoms with Crippen molar-refractivity contribution in [1.82, 2.24) is 5.32 Å². The summed E-state index contributed by atoms with van der Waals surface area (Å²) in [6, 6.07) is 9.35. The molecule has 0 saturated heterocycles. The van der Waals surface area contributed by atoms with E-state index < -0.39 is 0 Å². The molecule has 0 bridgehead atoms. The molecule has 100 valence electrons. The van der Waals surface area contributed by atoms with Crippen LogP contribution in [0.4, 0.5) is 0 Å². The highest BCUT2D eigenvalue weighted by Crippen LogP contribution is 2.31. The summed E-state index contributed by atoms with van der Waals surface area (Å²) in [4.78, 5) is 0. The lowest BCUT2D eigenvalue weighted by atomic mass is 9.97. The highest BCUT2D eigenvalue weighted by atomic mass is 16.5. The second kappa shape index (κ2) is 6.35. The van der Waals surface area contributed by atoms with Gasteiger partial charge in [0.1, 0.15) is 0 Å². The molecule has 2 nitrogen and oxygen atoms in total. The highest BCUT2D eigenvalue weighted by Gasteiger charge is 2.28. The Morgan fingerprint density at radius 3 is 2.67 bits per heavy atom. The Labute approximate surface area is 111 Å². The summed E-state index contributed by atoms with van der Waals surface area (Å²) in [7, 11) is 1.74. The van der Waals surface area contributed by atoms with Crippen molar-refractivity contribution in [3.8, 4) is 0 Å². The van der Waals surface area contributed by atoms with Crippen molar-refractivity contribution in [2.75, 3.05) is 7.11 Å². The Balaban J connectivity index is 1.88. The van der Waals surface area contributed by atoms with Gasteiger partial charge in [0.2, 0.25) is 0 Å². The van der Waals surface area contributed by atoms with Gasteiger partial charge < -0.3 is 10.1 Å². The molecule has 1 saturated carbocycles. The van der Waals surface area contributed by atoms with Gasteiger partial charge in [0.05, 0.1) is 6.61 Å². The quantitative estimate of drug-likeness (QED) is 0.861. The van der Waals surface area contributed by atoms with Gasteiger partial charge in [0.25, 0.3) is 0 Å². The van der Waals surface area contributed by atoms with Crippen LogP contribution in [-0.2, 0) is 17.9 Å². The smallest absolute Gasteiger partial charge is 0.0713 e. The van der Waals surface area contributed by atoms with E-state index in [4.69, 9.17) is 4.74 Å². The molecule has 1 N–H and O–H groups in total. The Hall–Kier alpha value is -0.860. The fourth-order valence-electron chi connectivity index (χ4n) is 2.90. The predicted molar refractivity (Wildman–Crippen MR) is 75.3 cm³/mol. The van der Waals surface area contributed by atoms with E-state index in [0.717, 1.165) is 18.4 Å². The number of rotatable bonds is 5. The predicted octanol–water partition coefficient (Wildman–Crippen LogP) is 3.36. The molecule has 1 aromatic carbocycles. The molecule has 3 unspecified atom stereocenters. The zero-order valence-electron chi connectivity index (χ0n) is 11.8. The molecule has 2 heteroatoms. The fourth-order valence-corrected chi connectivity index (χ4v) is 2.90. The van der Waals surface area contributed by atoms with Crippen LogP contribution >= 0.6 is 0 Å². The standard InChI is InChI=1S/C16H25NO/c1-12-7-8-16(13(12)2)17-10-14-5-4-6-15(9-14)11-18-3/h4-6,9,12-13,16-17H,7-8,10-11H2,1-3H3. The van der Waals surface area contributed by atoms with E-state index in [9.17, 15) is 0 Å². The van der Waals surface area contributed by atoms with Gasteiger partial charge in [0.15, 0.2) is 0 Å². The van der Waals surface area contributed by atoms with Gasteiger partial charge in [-0.05, 0) is 35.8 Å². The number of methoxy groups -OCH3 is 1. The van der Waals surface area contributed by atoms with Crippen molar-refractivity contribution in [2.24, 2.45) is 11.8 Å². The summed E-state index contributed by atoms with van der Waals surface area (Å²) in [5, 5.41) is 3.71. The average Bonchev–Trinajstić information content (AvgIpc) is 2.69. The molecule has 3 atom stereocenters. The first kappa shape index (κ1) is 13.6. The van der Waals surface area contributed by atoms with E-state index in [-0.39, 0.29) is 0 Å². The van der Waals surface area contributed by atoms with Gasteiger partial charge in [-0.25, -0.2) is 0 Å². The van der Waals surface area contributed by atoms with Gasteiger partial charge in [-0.2, -0.15) is 0 Å². The van der Waals surface area contributed by atoms with Crippen molar-refractivity contribution in [2.45, 2.75) is 45.9 Å². The van der Waals surface area contributed by atoms with Crippen LogP contribution in [0.1, 0.15) is 37.8 Å². The lowest BCUT2D eigenvalue weighted by Gasteiger charge is -2.20. The molecular formula is C16H25NO. The first-order valence-corrected chi connectivity index (χ1v) is 7.01. The second-order valence-electron chi connectivity index (χ2n) is 5.65. The molecule has 18 heavy (non-hydrogen) atoms. The molecule has 2 rings (SSSR count). The van der Waals surface area contributed by atoms with Crippen molar-refractivity contribution in [3.05, 3.63) is 35.4 Å². The van der Waals surface area contributed by atoms with Gasteiger partial charge in [-0.1, -0.05) is 38.1 Å². The lowest BCUT2D eigenvalue weighted by Crippen LogP contribution is -2.31. The summed E-state index contributed by atoms with van der Waals surface area (Å²) in [5.41, 5.74) is 2.61. The molecule has 0 radical (unpaired) electrons. The maximum atomic E-state index is 5.17. The summed E-state index contributed by atoms with van der Waals surface area (Å²) < 4.78 is 5.17. The summed E-state index contributed by atoms with van der Waals surface area (Å²) in [6.45, 7) is 6.41. The third-order valence-electron chi connectivity index (χ3n) is 4.34. The van der Waals surface area contributed by atoms with Crippen LogP contribution in [0.2, 0.25) is 0 Å². The van der Waals surface area contributed by atoms with Crippen molar-refractivity contribution < 1.29 is 4.74 Å². The molecule has 0 amide bonds. The van der Waals surface area contributed by atoms with Crippen LogP contribution in [0.3, 0.4) is 0 Å². The normalized spacial score (nSPS) is 27.6. The maximum Gasteiger partial charge on any atom is 0.0713 e. The molecule has 1 aromatic rings. The largest absolute Gasteiger partial charge is 0.380 e. The Bertz CT molecular complexity index is 377. The van der Waals surface area contributed by atoms with E-state index >= 15 is 0 Å². The van der Waals surface area contributed by atoms with Crippen LogP contribution in [0, 0.1) is 11.8 Å². The van der Waals surface area contributed by atoms with Crippen molar-refractivity contribution >= 4 is 0 Å². The van der Waals surface area contributed by atoms with Crippen molar-refractivity contribution in [1.29, 1.82) is 0 Å². The monoisotopic (exact) mass is 247 g/mol. The number of ether oxygens (including phenoxy) is 1. The molecule has 1 aliphatic rings.